The summed E-state index contributed by atoms with van der Waals surface area (Å²) in [6.45, 7) is 7.00. The van der Waals surface area contributed by atoms with Gasteiger partial charge in [0.1, 0.15) is 5.03 Å². The summed E-state index contributed by atoms with van der Waals surface area (Å²) >= 11 is 1.77. The lowest BCUT2D eigenvalue weighted by atomic mass is 10.1. The minimum absolute atomic E-state index is 0.660. The van der Waals surface area contributed by atoms with Gasteiger partial charge in [-0.15, -0.1) is 0 Å². The van der Waals surface area contributed by atoms with E-state index in [0.717, 1.165) is 12.1 Å². The molecule has 1 heterocycles. The Morgan fingerprint density at radius 2 is 1.95 bits per heavy atom. The molecule has 0 atom stereocenters. The molecule has 0 saturated carbocycles. The van der Waals surface area contributed by atoms with Crippen LogP contribution in [0, 0.1) is 20.8 Å². The van der Waals surface area contributed by atoms with Crippen LogP contribution in [0.15, 0.2) is 28.1 Å². The predicted molar refractivity (Wildman–Crippen MR) is 80.7 cm³/mol. The average molecular weight is 275 g/mol. The van der Waals surface area contributed by atoms with Gasteiger partial charge >= 0.3 is 0 Å². The van der Waals surface area contributed by atoms with Crippen LogP contribution in [0.5, 0.6) is 0 Å². The van der Waals surface area contributed by atoms with Crippen molar-refractivity contribution in [1.29, 1.82) is 0 Å². The zero-order chi connectivity index (χ0) is 14.0. The summed E-state index contributed by atoms with van der Waals surface area (Å²) in [5.74, 6) is 0. The van der Waals surface area contributed by atoms with Gasteiger partial charge in [-0.1, -0.05) is 17.8 Å². The van der Waals surface area contributed by atoms with Crippen molar-refractivity contribution in [3.8, 4) is 0 Å². The van der Waals surface area contributed by atoms with Gasteiger partial charge in [0.05, 0.1) is 5.69 Å². The van der Waals surface area contributed by atoms with Crippen LogP contribution in [0.2, 0.25) is 0 Å². The summed E-state index contributed by atoms with van der Waals surface area (Å²) in [7, 11) is 2.00. The summed E-state index contributed by atoms with van der Waals surface area (Å²) in [6, 6.07) is 6.57. The molecule has 3 nitrogen and oxygen atoms in total. The molecule has 0 unspecified atom stereocenters. The van der Waals surface area contributed by atoms with Crippen LogP contribution in [0.4, 0.5) is 0 Å². The average Bonchev–Trinajstić information content (AvgIpc) is 2.61. The summed E-state index contributed by atoms with van der Waals surface area (Å²) in [4.78, 5) is 1.25. The quantitative estimate of drug-likeness (QED) is 0.933. The number of hydrogen-bond donors (Lipinski definition) is 1. The van der Waals surface area contributed by atoms with Crippen LogP contribution in [0.3, 0.4) is 0 Å². The van der Waals surface area contributed by atoms with E-state index in [-0.39, 0.29) is 0 Å². The Bertz CT molecular complexity index is 587. The molecule has 0 saturated heterocycles. The molecule has 19 heavy (non-hydrogen) atoms. The lowest BCUT2D eigenvalue weighted by Crippen LogP contribution is -2.04. The van der Waals surface area contributed by atoms with Gasteiger partial charge in [0.15, 0.2) is 0 Å². The number of aromatic nitrogens is 2. The van der Waals surface area contributed by atoms with Gasteiger partial charge < -0.3 is 5.73 Å². The van der Waals surface area contributed by atoms with Crippen molar-refractivity contribution in [3.05, 3.63) is 40.6 Å². The molecule has 0 spiro atoms. The van der Waals surface area contributed by atoms with E-state index in [1.807, 2.05) is 11.7 Å². The molecule has 0 radical (unpaired) electrons. The van der Waals surface area contributed by atoms with Crippen molar-refractivity contribution in [1.82, 2.24) is 9.78 Å². The fourth-order valence-electron chi connectivity index (χ4n) is 2.13. The largest absolute Gasteiger partial charge is 0.330 e. The molecule has 1 aromatic carbocycles. The molecule has 1 aromatic heterocycles. The van der Waals surface area contributed by atoms with Crippen LogP contribution >= 0.6 is 11.8 Å². The number of benzene rings is 1. The molecule has 0 aliphatic rings. The Balaban J connectivity index is 2.34. The maximum Gasteiger partial charge on any atom is 0.102 e. The van der Waals surface area contributed by atoms with E-state index < -0.39 is 0 Å². The topological polar surface area (TPSA) is 43.8 Å². The zero-order valence-electron chi connectivity index (χ0n) is 12.0. The van der Waals surface area contributed by atoms with Crippen molar-refractivity contribution in [3.63, 3.8) is 0 Å². The highest BCUT2D eigenvalue weighted by Gasteiger charge is 2.14. The Morgan fingerprint density at radius 1 is 1.21 bits per heavy atom. The van der Waals surface area contributed by atoms with Crippen molar-refractivity contribution in [2.75, 3.05) is 6.54 Å². The van der Waals surface area contributed by atoms with Gasteiger partial charge in [0.2, 0.25) is 0 Å². The van der Waals surface area contributed by atoms with Gasteiger partial charge in [-0.3, -0.25) is 4.68 Å². The van der Waals surface area contributed by atoms with Gasteiger partial charge in [0.25, 0.3) is 0 Å². The van der Waals surface area contributed by atoms with Crippen LogP contribution < -0.4 is 5.73 Å². The van der Waals surface area contributed by atoms with Crippen molar-refractivity contribution in [2.24, 2.45) is 12.8 Å². The van der Waals surface area contributed by atoms with Gasteiger partial charge in [0, 0.05) is 17.5 Å². The molecule has 102 valence electrons. The third kappa shape index (κ3) is 3.01. The molecule has 0 aliphatic carbocycles. The van der Waals surface area contributed by atoms with E-state index in [1.54, 1.807) is 11.8 Å². The van der Waals surface area contributed by atoms with E-state index >= 15 is 0 Å². The zero-order valence-corrected chi connectivity index (χ0v) is 12.8. The first kappa shape index (κ1) is 14.2. The fraction of sp³-hybridized carbons (Fsp3) is 0.400. The van der Waals surface area contributed by atoms with E-state index in [2.05, 4.69) is 44.1 Å². The number of rotatable bonds is 4. The number of hydrogen-bond acceptors (Lipinski definition) is 3. The summed E-state index contributed by atoms with van der Waals surface area (Å²) < 4.78 is 1.96. The minimum Gasteiger partial charge on any atom is -0.330 e. The summed E-state index contributed by atoms with van der Waals surface area (Å²) in [5.41, 5.74) is 10.7. The Morgan fingerprint density at radius 3 is 2.58 bits per heavy atom. The molecular weight excluding hydrogens is 254 g/mol. The first-order chi connectivity index (χ1) is 9.02. The number of nitrogens with zero attached hydrogens (tertiary/aromatic N) is 2. The standard InChI is InChI=1S/C15H21N3S/c1-10-5-6-13(9-11(10)2)19-15-14(7-8-16)12(3)17-18(15)4/h5-6,9H,7-8,16H2,1-4H3. The molecule has 0 bridgehead atoms. The predicted octanol–water partition coefficient (Wildman–Crippen LogP) is 3.00. The molecule has 0 aliphatic heterocycles. The first-order valence-electron chi connectivity index (χ1n) is 6.50. The molecule has 4 heteroatoms. The maximum absolute atomic E-state index is 5.70. The number of aryl methyl sites for hydroxylation is 4. The second-order valence-electron chi connectivity index (χ2n) is 4.88. The summed E-state index contributed by atoms with van der Waals surface area (Å²) in [6.07, 6.45) is 0.882. The minimum atomic E-state index is 0.660. The van der Waals surface area contributed by atoms with Crippen LogP contribution in [0.25, 0.3) is 0 Å². The van der Waals surface area contributed by atoms with Crippen molar-refractivity contribution >= 4 is 11.8 Å². The van der Waals surface area contributed by atoms with E-state index in [1.165, 1.54) is 26.6 Å². The highest BCUT2D eigenvalue weighted by molar-refractivity contribution is 7.99. The second kappa shape index (κ2) is 5.80. The molecule has 2 rings (SSSR count). The molecule has 0 amide bonds. The Kier molecular flexibility index (Phi) is 4.32. The van der Waals surface area contributed by atoms with Crippen molar-refractivity contribution in [2.45, 2.75) is 37.1 Å². The number of nitrogens with two attached hydrogens (primary N) is 1. The third-order valence-corrected chi connectivity index (χ3v) is 4.57. The Hall–Kier alpha value is -1.26. The van der Waals surface area contributed by atoms with E-state index in [9.17, 15) is 0 Å². The Labute approximate surface area is 119 Å². The third-order valence-electron chi connectivity index (χ3n) is 3.38. The van der Waals surface area contributed by atoms with Crippen molar-refractivity contribution < 1.29 is 0 Å². The lowest BCUT2D eigenvalue weighted by molar-refractivity contribution is 0.688. The summed E-state index contributed by atoms with van der Waals surface area (Å²) in [5, 5.41) is 5.71. The van der Waals surface area contributed by atoms with Crippen LogP contribution in [-0.2, 0) is 13.5 Å². The van der Waals surface area contributed by atoms with Gasteiger partial charge in [-0.25, -0.2) is 0 Å². The monoisotopic (exact) mass is 275 g/mol. The van der Waals surface area contributed by atoms with Crippen LogP contribution in [-0.4, -0.2) is 16.3 Å². The lowest BCUT2D eigenvalue weighted by Gasteiger charge is -2.07. The highest BCUT2D eigenvalue weighted by Crippen LogP contribution is 2.32. The SMILES string of the molecule is Cc1ccc(Sc2c(CCN)c(C)nn2C)cc1C. The van der Waals surface area contributed by atoms with Crippen LogP contribution in [0.1, 0.15) is 22.4 Å². The first-order valence-corrected chi connectivity index (χ1v) is 7.32. The smallest absolute Gasteiger partial charge is 0.102 e. The maximum atomic E-state index is 5.70. The van der Waals surface area contributed by atoms with Gasteiger partial charge in [-0.2, -0.15) is 5.10 Å². The van der Waals surface area contributed by atoms with E-state index in [4.69, 9.17) is 5.73 Å². The van der Waals surface area contributed by atoms with E-state index in [0.29, 0.717) is 6.54 Å². The second-order valence-corrected chi connectivity index (χ2v) is 5.94. The molecule has 0 fully saturated rings. The molecule has 2 N–H and O–H groups in total. The molecular formula is C15H21N3S. The normalized spacial score (nSPS) is 11.0. The fourth-order valence-corrected chi connectivity index (χ4v) is 3.27. The highest BCUT2D eigenvalue weighted by atomic mass is 32.2. The van der Waals surface area contributed by atoms with Gasteiger partial charge in [-0.05, 0) is 57.0 Å². The molecule has 2 aromatic rings.